The maximum Gasteiger partial charge on any atom is 2.00 e. The second kappa shape index (κ2) is 31.3. The van der Waals surface area contributed by atoms with E-state index in [9.17, 15) is 0 Å². The van der Waals surface area contributed by atoms with Crippen LogP contribution in [0, 0.1) is 40.0 Å². The van der Waals surface area contributed by atoms with Crippen LogP contribution in [0.4, 0.5) is 68.2 Å². The fourth-order valence-corrected chi connectivity index (χ4v) is 7.04. The minimum absolute atomic E-state index is 0. The zero-order valence-electron chi connectivity index (χ0n) is 38.1. The SMILES string of the molecule is C.C.C.CCC.CCC.CCC.[Pt+2].[Pt+2].[Pt+2].c1ccc2c(c1)N[CH-]N2N1[CH-]Nc2ccccc21.c1ccc2c(c1)N[CH-]N2N1[CH-]Nc2ccccc21.c1ccc2c(c1)N[CH-]N2N1[CH-]Nc2ccccc21. The minimum Gasteiger partial charge on any atom is -0.513 e. The van der Waals surface area contributed by atoms with Crippen LogP contribution < -0.4 is 62.0 Å². The Kier molecular flexibility index (Phi) is 28.1. The van der Waals surface area contributed by atoms with Gasteiger partial charge in [-0.1, -0.05) is 156 Å². The van der Waals surface area contributed by atoms with Crippen LogP contribution in [0.3, 0.4) is 0 Å². The van der Waals surface area contributed by atoms with Gasteiger partial charge in [0, 0.05) is 68.2 Å². The van der Waals surface area contributed by atoms with Crippen molar-refractivity contribution in [1.29, 1.82) is 0 Å². The van der Waals surface area contributed by atoms with Crippen molar-refractivity contribution >= 4 is 68.2 Å². The molecule has 0 saturated heterocycles. The van der Waals surface area contributed by atoms with E-state index in [0.717, 1.165) is 68.2 Å². The van der Waals surface area contributed by atoms with E-state index in [2.05, 4.69) is 176 Å². The quantitative estimate of drug-likeness (QED) is 0.0954. The Morgan fingerprint density at radius 2 is 0.377 bits per heavy atom. The summed E-state index contributed by atoms with van der Waals surface area (Å²) in [4.78, 5) is 0. The van der Waals surface area contributed by atoms with Gasteiger partial charge in [-0.05, 0) is 72.8 Å². The van der Waals surface area contributed by atoms with E-state index in [1.807, 2.05) is 113 Å². The molecule has 0 radical (unpaired) electrons. The molecule has 12 rings (SSSR count). The average Bonchev–Trinajstić information content (AvgIpc) is 4.19. The Morgan fingerprint density at radius 1 is 0.261 bits per heavy atom. The largest absolute Gasteiger partial charge is 2.00 e. The van der Waals surface area contributed by atoms with Gasteiger partial charge in [0.05, 0.1) is 0 Å². The van der Waals surface area contributed by atoms with Gasteiger partial charge in [0.15, 0.2) is 0 Å². The van der Waals surface area contributed by atoms with Gasteiger partial charge >= 0.3 is 63.2 Å². The topological polar surface area (TPSA) is 91.6 Å². The standard InChI is InChI=1S/3C14H12N4.3C3H8.3CH4.3Pt/c3*1-3-7-13-11(5-1)15-9-17(13)18-10-16-12-6-2-4-8-14(12)18;3*1-3-2;;;;;;/h3*1-10,15-16H;3*3H2,1-2H3;3*1H4;;;/q3*-2;;;;;;;3*+2. The molecule has 0 amide bonds. The van der Waals surface area contributed by atoms with Crippen LogP contribution in [0.2, 0.25) is 0 Å². The van der Waals surface area contributed by atoms with E-state index >= 15 is 0 Å². The van der Waals surface area contributed by atoms with Gasteiger partial charge in [-0.2, -0.15) is 0 Å². The number of hydrogen-bond donors (Lipinski definition) is 6. The van der Waals surface area contributed by atoms with Gasteiger partial charge < -0.3 is 62.0 Å². The summed E-state index contributed by atoms with van der Waals surface area (Å²) in [7, 11) is 0. The summed E-state index contributed by atoms with van der Waals surface area (Å²) in [6, 6.07) is 49.5. The van der Waals surface area contributed by atoms with Gasteiger partial charge in [0.25, 0.3) is 0 Å². The van der Waals surface area contributed by atoms with E-state index in [1.54, 1.807) is 0 Å². The number of nitrogens with one attached hydrogen (secondary N) is 6. The van der Waals surface area contributed by atoms with Crippen LogP contribution in [0.1, 0.15) is 83.1 Å². The first-order chi connectivity index (χ1) is 31.0. The molecule has 0 spiro atoms. The summed E-state index contributed by atoms with van der Waals surface area (Å²) >= 11 is 0. The summed E-state index contributed by atoms with van der Waals surface area (Å²) in [6.45, 7) is 24.5. The zero-order valence-corrected chi connectivity index (χ0v) is 44.9. The van der Waals surface area contributed by atoms with Crippen molar-refractivity contribution in [2.45, 2.75) is 83.1 Å². The molecule has 6 heterocycles. The summed E-state index contributed by atoms with van der Waals surface area (Å²) in [5, 5.41) is 32.2. The molecular formula is C54H72N12Pt3. The maximum absolute atomic E-state index is 3.27. The molecule has 0 atom stereocenters. The average molecular weight is 1470 g/mol. The van der Waals surface area contributed by atoms with Crippen LogP contribution >= 0.6 is 0 Å². The van der Waals surface area contributed by atoms with Crippen molar-refractivity contribution in [2.75, 3.05) is 62.0 Å². The van der Waals surface area contributed by atoms with E-state index in [-0.39, 0.29) is 85.5 Å². The predicted octanol–water partition coefficient (Wildman–Crippen LogP) is 15.2. The maximum atomic E-state index is 3.27. The number of nitrogens with zero attached hydrogens (tertiary/aromatic N) is 6. The summed E-state index contributed by atoms with van der Waals surface area (Å²) in [6.07, 6.45) is 3.75. The third kappa shape index (κ3) is 14.5. The van der Waals surface area contributed by atoms with Crippen LogP contribution in [0.25, 0.3) is 0 Å². The number of hydrogen-bond acceptors (Lipinski definition) is 12. The van der Waals surface area contributed by atoms with Crippen molar-refractivity contribution in [3.8, 4) is 0 Å². The molecule has 6 aliphatic heterocycles. The monoisotopic (exact) mass is 1470 g/mol. The molecule has 6 N–H and O–H groups in total. The summed E-state index contributed by atoms with van der Waals surface area (Å²) in [5.41, 5.74) is 13.6. The second-order valence-corrected chi connectivity index (χ2v) is 14.9. The van der Waals surface area contributed by atoms with Gasteiger partial charge in [-0.3, -0.25) is 0 Å². The van der Waals surface area contributed by atoms with Gasteiger partial charge in [0.2, 0.25) is 0 Å². The number of anilines is 12. The molecule has 0 aliphatic carbocycles. The van der Waals surface area contributed by atoms with Gasteiger partial charge in [-0.25, -0.2) is 0 Å². The van der Waals surface area contributed by atoms with Crippen molar-refractivity contribution in [3.63, 3.8) is 0 Å². The van der Waals surface area contributed by atoms with Crippen LogP contribution in [-0.4, -0.2) is 0 Å². The first-order valence-electron chi connectivity index (χ1n) is 21.9. The Bertz CT molecular complexity index is 1950. The fourth-order valence-electron chi connectivity index (χ4n) is 7.04. The molecule has 0 unspecified atom stereocenters. The number of para-hydroxylation sites is 12. The molecule has 6 aliphatic rings. The normalized spacial score (nSPS) is 13.3. The van der Waals surface area contributed by atoms with Crippen molar-refractivity contribution in [1.82, 2.24) is 0 Å². The fraction of sp³-hybridized carbons (Fsp3) is 0.222. The van der Waals surface area contributed by atoms with Crippen molar-refractivity contribution in [3.05, 3.63) is 186 Å². The molecule has 69 heavy (non-hydrogen) atoms. The first-order valence-corrected chi connectivity index (χ1v) is 21.9. The predicted molar refractivity (Wildman–Crippen MR) is 289 cm³/mol. The van der Waals surface area contributed by atoms with Crippen LogP contribution in [0.15, 0.2) is 146 Å². The van der Waals surface area contributed by atoms with E-state index in [4.69, 9.17) is 0 Å². The summed E-state index contributed by atoms with van der Waals surface area (Å²) < 4.78 is 0. The Hall–Kier alpha value is -5.02. The Morgan fingerprint density at radius 3 is 0.507 bits per heavy atom. The van der Waals surface area contributed by atoms with Gasteiger partial charge in [-0.15, -0.1) is 40.0 Å². The molecule has 0 fully saturated rings. The minimum atomic E-state index is 0. The first kappa shape index (κ1) is 62.0. The molecule has 15 heteroatoms. The van der Waals surface area contributed by atoms with Crippen molar-refractivity contribution in [2.24, 2.45) is 0 Å². The molecule has 12 nitrogen and oxygen atoms in total. The molecule has 378 valence electrons. The molecule has 0 saturated carbocycles. The molecule has 0 bridgehead atoms. The number of fused-ring (bicyclic) bond motifs is 6. The zero-order chi connectivity index (χ0) is 44.0. The van der Waals surface area contributed by atoms with Crippen LogP contribution in [0.5, 0.6) is 0 Å². The second-order valence-electron chi connectivity index (χ2n) is 14.9. The Labute approximate surface area is 458 Å². The molecule has 0 aromatic heterocycles. The Balaban J connectivity index is 0.000000458. The number of rotatable bonds is 3. The number of benzene rings is 6. The number of hydrazine groups is 3. The third-order valence-corrected chi connectivity index (χ3v) is 9.66. The van der Waals surface area contributed by atoms with Gasteiger partial charge in [0.1, 0.15) is 0 Å². The van der Waals surface area contributed by atoms with E-state index in [1.165, 1.54) is 19.3 Å². The van der Waals surface area contributed by atoms with E-state index in [0.29, 0.717) is 0 Å². The molecule has 6 aromatic carbocycles. The molecular weight excluding hydrogens is 1400 g/mol. The summed E-state index contributed by atoms with van der Waals surface area (Å²) in [5.74, 6) is 0. The van der Waals surface area contributed by atoms with Crippen LogP contribution in [-0.2, 0) is 63.2 Å². The smallest absolute Gasteiger partial charge is 0.513 e. The van der Waals surface area contributed by atoms with Crippen molar-refractivity contribution < 1.29 is 63.2 Å². The third-order valence-electron chi connectivity index (χ3n) is 9.66. The molecule has 6 aromatic rings. The van der Waals surface area contributed by atoms with E-state index < -0.39 is 0 Å².